The fourth-order valence-electron chi connectivity index (χ4n) is 1.00. The van der Waals surface area contributed by atoms with Crippen LogP contribution in [0.4, 0.5) is 0 Å². The van der Waals surface area contributed by atoms with Gasteiger partial charge in [-0.1, -0.05) is 0 Å². The predicted molar refractivity (Wildman–Crippen MR) is 73.1 cm³/mol. The van der Waals surface area contributed by atoms with Gasteiger partial charge in [-0.25, -0.2) is 4.79 Å². The standard InChI is InChI=1S/C10H18N4O5S/c1-5(11)9(17)13-2-7(15)12-3-8(16)14-6(4-20)10(18)19/h5-6,20H,2-4,11H2,1H3,(H,12,15)(H,13,17)(H,14,16)(H,18,19)/t5-,6-/m0/s1. The number of nitrogens with two attached hydrogens (primary N) is 1. The van der Waals surface area contributed by atoms with Crippen molar-refractivity contribution in [1.82, 2.24) is 16.0 Å². The summed E-state index contributed by atoms with van der Waals surface area (Å²) in [6.45, 7) is 0.747. The van der Waals surface area contributed by atoms with Gasteiger partial charge in [0.05, 0.1) is 19.1 Å². The number of hydrogen-bond acceptors (Lipinski definition) is 6. The molecule has 0 aromatic heterocycles. The van der Waals surface area contributed by atoms with Crippen LogP contribution in [0.2, 0.25) is 0 Å². The Kier molecular flexibility index (Phi) is 8.32. The number of amides is 3. The number of carbonyl (C=O) groups excluding carboxylic acids is 3. The maximum absolute atomic E-state index is 11.3. The van der Waals surface area contributed by atoms with E-state index in [0.717, 1.165) is 0 Å². The second-order valence-electron chi connectivity index (χ2n) is 3.92. The summed E-state index contributed by atoms with van der Waals surface area (Å²) in [4.78, 5) is 44.3. The van der Waals surface area contributed by atoms with Crippen molar-refractivity contribution in [3.05, 3.63) is 0 Å². The lowest BCUT2D eigenvalue weighted by Gasteiger charge is -2.12. The molecule has 0 radical (unpaired) electrons. The molecule has 0 aromatic rings. The van der Waals surface area contributed by atoms with Crippen molar-refractivity contribution in [3.8, 4) is 0 Å². The van der Waals surface area contributed by atoms with Gasteiger partial charge in [0, 0.05) is 5.75 Å². The second kappa shape index (κ2) is 9.15. The molecule has 0 spiro atoms. The third-order valence-corrected chi connectivity index (χ3v) is 2.46. The highest BCUT2D eigenvalue weighted by Crippen LogP contribution is 1.87. The molecule has 0 aliphatic heterocycles. The molecule has 6 N–H and O–H groups in total. The first-order chi connectivity index (χ1) is 9.27. The van der Waals surface area contributed by atoms with Gasteiger partial charge in [-0.2, -0.15) is 12.6 Å². The normalized spacial score (nSPS) is 12.9. The molecular weight excluding hydrogens is 288 g/mol. The summed E-state index contributed by atoms with van der Waals surface area (Å²) >= 11 is 3.77. The third kappa shape index (κ3) is 7.59. The molecule has 0 saturated heterocycles. The largest absolute Gasteiger partial charge is 0.480 e. The van der Waals surface area contributed by atoms with E-state index in [1.807, 2.05) is 0 Å². The van der Waals surface area contributed by atoms with Crippen molar-refractivity contribution in [2.24, 2.45) is 5.73 Å². The van der Waals surface area contributed by atoms with Gasteiger partial charge in [0.15, 0.2) is 0 Å². The number of thiol groups is 1. The van der Waals surface area contributed by atoms with Crippen LogP contribution in [0.5, 0.6) is 0 Å². The molecule has 3 amide bonds. The SMILES string of the molecule is C[C@H](N)C(=O)NCC(=O)NCC(=O)N[C@@H](CS)C(=O)O. The third-order valence-electron chi connectivity index (χ3n) is 2.10. The topological polar surface area (TPSA) is 151 Å². The van der Waals surface area contributed by atoms with E-state index in [2.05, 4.69) is 28.6 Å². The smallest absolute Gasteiger partial charge is 0.327 e. The van der Waals surface area contributed by atoms with Gasteiger partial charge >= 0.3 is 5.97 Å². The number of carboxylic acids is 1. The molecule has 0 aliphatic carbocycles. The van der Waals surface area contributed by atoms with E-state index in [4.69, 9.17) is 10.8 Å². The number of aliphatic carboxylic acids is 1. The summed E-state index contributed by atoms with van der Waals surface area (Å²) in [6, 6.07) is -1.86. The molecule has 0 aliphatic rings. The number of carbonyl (C=O) groups is 4. The number of rotatable bonds is 8. The van der Waals surface area contributed by atoms with Crippen LogP contribution in [0.15, 0.2) is 0 Å². The van der Waals surface area contributed by atoms with E-state index in [1.165, 1.54) is 6.92 Å². The van der Waals surface area contributed by atoms with Crippen LogP contribution >= 0.6 is 12.6 Å². The zero-order valence-corrected chi connectivity index (χ0v) is 11.8. The van der Waals surface area contributed by atoms with Gasteiger partial charge in [-0.3, -0.25) is 14.4 Å². The first-order valence-corrected chi connectivity index (χ1v) is 6.34. The maximum Gasteiger partial charge on any atom is 0.327 e. The van der Waals surface area contributed by atoms with E-state index >= 15 is 0 Å². The molecule has 0 fully saturated rings. The molecule has 114 valence electrons. The Hall–Kier alpha value is -1.81. The van der Waals surface area contributed by atoms with Crippen molar-refractivity contribution in [2.75, 3.05) is 18.8 Å². The van der Waals surface area contributed by atoms with E-state index in [1.54, 1.807) is 0 Å². The minimum Gasteiger partial charge on any atom is -0.480 e. The average molecular weight is 306 g/mol. The van der Waals surface area contributed by atoms with Gasteiger partial charge in [-0.15, -0.1) is 0 Å². The van der Waals surface area contributed by atoms with Crippen LogP contribution in [0.3, 0.4) is 0 Å². The summed E-state index contributed by atoms with van der Waals surface area (Å²) in [7, 11) is 0. The van der Waals surface area contributed by atoms with Gasteiger partial charge < -0.3 is 26.8 Å². The minimum absolute atomic E-state index is 0.0700. The Morgan fingerprint density at radius 2 is 1.70 bits per heavy atom. The molecule has 0 heterocycles. The summed E-state index contributed by atoms with van der Waals surface area (Å²) in [5, 5.41) is 15.3. The molecule has 10 heteroatoms. The zero-order valence-electron chi connectivity index (χ0n) is 10.9. The Morgan fingerprint density at radius 3 is 2.15 bits per heavy atom. The summed E-state index contributed by atoms with van der Waals surface area (Å²) in [6.07, 6.45) is 0. The fraction of sp³-hybridized carbons (Fsp3) is 0.600. The zero-order chi connectivity index (χ0) is 15.7. The van der Waals surface area contributed by atoms with E-state index in [9.17, 15) is 19.2 Å². The minimum atomic E-state index is -1.22. The highest BCUT2D eigenvalue weighted by molar-refractivity contribution is 7.80. The van der Waals surface area contributed by atoms with Crippen LogP contribution in [-0.2, 0) is 19.2 Å². The number of carboxylic acid groups (broad SMARTS) is 1. The molecule has 9 nitrogen and oxygen atoms in total. The summed E-state index contributed by atoms with van der Waals surface area (Å²) in [5.41, 5.74) is 5.27. The Balaban J connectivity index is 3.98. The van der Waals surface area contributed by atoms with E-state index < -0.39 is 42.3 Å². The van der Waals surface area contributed by atoms with Crippen LogP contribution in [-0.4, -0.2) is 59.7 Å². The van der Waals surface area contributed by atoms with Crippen LogP contribution in [0.1, 0.15) is 6.92 Å². The van der Waals surface area contributed by atoms with E-state index in [0.29, 0.717) is 0 Å². The van der Waals surface area contributed by atoms with Gasteiger partial charge in [-0.05, 0) is 6.92 Å². The van der Waals surface area contributed by atoms with Gasteiger partial charge in [0.25, 0.3) is 0 Å². The quantitative estimate of drug-likeness (QED) is 0.264. The van der Waals surface area contributed by atoms with Gasteiger partial charge in [0.1, 0.15) is 6.04 Å². The van der Waals surface area contributed by atoms with Gasteiger partial charge in [0.2, 0.25) is 17.7 Å². The highest BCUT2D eigenvalue weighted by atomic mass is 32.1. The maximum atomic E-state index is 11.3. The number of hydrogen-bond donors (Lipinski definition) is 6. The Morgan fingerprint density at radius 1 is 1.15 bits per heavy atom. The lowest BCUT2D eigenvalue weighted by Crippen LogP contribution is -2.48. The first kappa shape index (κ1) is 18.2. The Bertz CT molecular complexity index is 388. The molecule has 0 bridgehead atoms. The van der Waals surface area contributed by atoms with Crippen molar-refractivity contribution in [3.63, 3.8) is 0 Å². The lowest BCUT2D eigenvalue weighted by atomic mass is 10.3. The van der Waals surface area contributed by atoms with E-state index in [-0.39, 0.29) is 12.3 Å². The van der Waals surface area contributed by atoms with Crippen molar-refractivity contribution >= 4 is 36.3 Å². The average Bonchev–Trinajstić information content (AvgIpc) is 2.38. The fourth-order valence-corrected chi connectivity index (χ4v) is 1.25. The summed E-state index contributed by atoms with van der Waals surface area (Å²) < 4.78 is 0. The summed E-state index contributed by atoms with van der Waals surface area (Å²) in [5.74, 6) is -3.04. The Labute approximate surface area is 121 Å². The molecule has 0 rings (SSSR count). The molecule has 20 heavy (non-hydrogen) atoms. The van der Waals surface area contributed by atoms with Crippen LogP contribution in [0, 0.1) is 0 Å². The number of nitrogens with one attached hydrogen (secondary N) is 3. The highest BCUT2D eigenvalue weighted by Gasteiger charge is 2.18. The molecule has 2 atom stereocenters. The lowest BCUT2D eigenvalue weighted by molar-refractivity contribution is -0.141. The van der Waals surface area contributed by atoms with Crippen LogP contribution in [0.25, 0.3) is 0 Å². The monoisotopic (exact) mass is 306 g/mol. The molecule has 0 unspecified atom stereocenters. The van der Waals surface area contributed by atoms with Crippen molar-refractivity contribution < 1.29 is 24.3 Å². The second-order valence-corrected chi connectivity index (χ2v) is 4.29. The van der Waals surface area contributed by atoms with Crippen molar-refractivity contribution in [2.45, 2.75) is 19.0 Å². The molecule has 0 saturated carbocycles. The van der Waals surface area contributed by atoms with Crippen molar-refractivity contribution in [1.29, 1.82) is 0 Å². The molecular formula is C10H18N4O5S. The predicted octanol–water partition coefficient (Wildman–Crippen LogP) is -2.93. The van der Waals surface area contributed by atoms with Crippen LogP contribution < -0.4 is 21.7 Å². The first-order valence-electron chi connectivity index (χ1n) is 5.71. The molecule has 0 aromatic carbocycles.